The van der Waals surface area contributed by atoms with Crippen molar-refractivity contribution in [3.05, 3.63) is 30.1 Å². The first-order valence-electron chi connectivity index (χ1n) is 6.48. The minimum atomic E-state index is -0.0125. The minimum absolute atomic E-state index is 0.0125. The van der Waals surface area contributed by atoms with Crippen LogP contribution < -0.4 is 5.32 Å². The minimum Gasteiger partial charge on any atom is -0.349 e. The zero-order valence-electron chi connectivity index (χ0n) is 10.8. The van der Waals surface area contributed by atoms with Crippen molar-refractivity contribution in [3.63, 3.8) is 0 Å². The number of nitrogens with one attached hydrogen (secondary N) is 1. The third kappa shape index (κ3) is 4.98. The van der Waals surface area contributed by atoms with Gasteiger partial charge in [0.2, 0.25) is 0 Å². The molecule has 0 saturated carbocycles. The van der Waals surface area contributed by atoms with Crippen molar-refractivity contribution in [2.24, 2.45) is 0 Å². The summed E-state index contributed by atoms with van der Waals surface area (Å²) >= 11 is 0. The highest BCUT2D eigenvalue weighted by molar-refractivity contribution is 5.93. The van der Waals surface area contributed by atoms with Gasteiger partial charge in [0, 0.05) is 18.4 Å². The van der Waals surface area contributed by atoms with E-state index in [1.54, 1.807) is 24.5 Å². The van der Waals surface area contributed by atoms with Crippen molar-refractivity contribution in [1.29, 1.82) is 0 Å². The first-order valence-corrected chi connectivity index (χ1v) is 6.48. The van der Waals surface area contributed by atoms with Crippen molar-refractivity contribution >= 4 is 5.91 Å². The molecule has 0 aromatic carbocycles. The molecular formula is C14H22N2O. The lowest BCUT2D eigenvalue weighted by molar-refractivity contribution is 0.0933. The number of hydrogen-bond acceptors (Lipinski definition) is 2. The van der Waals surface area contributed by atoms with E-state index in [9.17, 15) is 4.79 Å². The lowest BCUT2D eigenvalue weighted by Crippen LogP contribution is -2.34. The Morgan fingerprint density at radius 2 is 2.24 bits per heavy atom. The number of pyridine rings is 1. The van der Waals surface area contributed by atoms with Gasteiger partial charge in [0.15, 0.2) is 0 Å². The molecule has 1 heterocycles. The number of unbranched alkanes of at least 4 members (excludes halogenated alkanes) is 2. The Morgan fingerprint density at radius 1 is 1.41 bits per heavy atom. The molecule has 0 fully saturated rings. The fourth-order valence-electron chi connectivity index (χ4n) is 1.78. The Bertz CT molecular complexity index is 324. The predicted octanol–water partition coefficient (Wildman–Crippen LogP) is 3.17. The van der Waals surface area contributed by atoms with E-state index in [0.717, 1.165) is 12.8 Å². The standard InChI is InChI=1S/C14H22N2O/c1-3-5-6-9-13(4-2)16-14(17)12-8-7-10-15-11-12/h7-8,10-11,13H,3-6,9H2,1-2H3,(H,16,17). The highest BCUT2D eigenvalue weighted by Crippen LogP contribution is 2.07. The number of hydrogen-bond donors (Lipinski definition) is 1. The van der Waals surface area contributed by atoms with Crippen LogP contribution in [0.3, 0.4) is 0 Å². The van der Waals surface area contributed by atoms with Crippen LogP contribution in [0.4, 0.5) is 0 Å². The summed E-state index contributed by atoms with van der Waals surface area (Å²) in [5.74, 6) is -0.0125. The first kappa shape index (κ1) is 13.7. The molecule has 1 aromatic heterocycles. The summed E-state index contributed by atoms with van der Waals surface area (Å²) in [6.45, 7) is 4.30. The van der Waals surface area contributed by atoms with Crippen molar-refractivity contribution in [3.8, 4) is 0 Å². The molecule has 1 N–H and O–H groups in total. The van der Waals surface area contributed by atoms with Crippen molar-refractivity contribution in [2.45, 2.75) is 52.0 Å². The van der Waals surface area contributed by atoms with Gasteiger partial charge >= 0.3 is 0 Å². The Hall–Kier alpha value is -1.38. The molecule has 0 bridgehead atoms. The van der Waals surface area contributed by atoms with E-state index in [4.69, 9.17) is 0 Å². The topological polar surface area (TPSA) is 42.0 Å². The van der Waals surface area contributed by atoms with Gasteiger partial charge in [-0.3, -0.25) is 9.78 Å². The van der Waals surface area contributed by atoms with Crippen LogP contribution in [0.1, 0.15) is 56.3 Å². The predicted molar refractivity (Wildman–Crippen MR) is 69.9 cm³/mol. The molecule has 0 aliphatic rings. The monoisotopic (exact) mass is 234 g/mol. The molecule has 3 nitrogen and oxygen atoms in total. The number of carbonyl (C=O) groups is 1. The van der Waals surface area contributed by atoms with Crippen LogP contribution in [0.25, 0.3) is 0 Å². The van der Waals surface area contributed by atoms with Gasteiger partial charge in [-0.1, -0.05) is 33.1 Å². The highest BCUT2D eigenvalue weighted by atomic mass is 16.1. The Balaban J connectivity index is 2.42. The summed E-state index contributed by atoms with van der Waals surface area (Å²) in [5.41, 5.74) is 0.640. The van der Waals surface area contributed by atoms with Crippen LogP contribution in [0.15, 0.2) is 24.5 Å². The zero-order chi connectivity index (χ0) is 12.5. The average molecular weight is 234 g/mol. The van der Waals surface area contributed by atoms with Gasteiger partial charge in [-0.05, 0) is 25.0 Å². The molecule has 1 aromatic rings. The molecule has 0 spiro atoms. The fourth-order valence-corrected chi connectivity index (χ4v) is 1.78. The van der Waals surface area contributed by atoms with E-state index < -0.39 is 0 Å². The lowest BCUT2D eigenvalue weighted by Gasteiger charge is -2.16. The SMILES string of the molecule is CCCCCC(CC)NC(=O)c1cccnc1. The second-order valence-electron chi connectivity index (χ2n) is 4.32. The quantitative estimate of drug-likeness (QED) is 0.736. The molecule has 1 atom stereocenters. The zero-order valence-corrected chi connectivity index (χ0v) is 10.8. The molecule has 1 amide bonds. The summed E-state index contributed by atoms with van der Waals surface area (Å²) in [4.78, 5) is 15.8. The number of carbonyl (C=O) groups excluding carboxylic acids is 1. The number of nitrogens with zero attached hydrogens (tertiary/aromatic N) is 1. The van der Waals surface area contributed by atoms with E-state index in [2.05, 4.69) is 24.1 Å². The second kappa shape index (κ2) is 7.82. The lowest BCUT2D eigenvalue weighted by atomic mass is 10.1. The maximum atomic E-state index is 11.9. The van der Waals surface area contributed by atoms with Crippen molar-refractivity contribution < 1.29 is 4.79 Å². The van der Waals surface area contributed by atoms with Crippen LogP contribution in [-0.4, -0.2) is 16.9 Å². The summed E-state index contributed by atoms with van der Waals surface area (Å²) in [6, 6.07) is 3.86. The maximum absolute atomic E-state index is 11.9. The number of rotatable bonds is 7. The maximum Gasteiger partial charge on any atom is 0.253 e. The van der Waals surface area contributed by atoms with Gasteiger partial charge in [-0.25, -0.2) is 0 Å². The molecule has 0 aliphatic carbocycles. The first-order chi connectivity index (χ1) is 8.27. The number of aromatic nitrogens is 1. The smallest absolute Gasteiger partial charge is 0.253 e. The van der Waals surface area contributed by atoms with Gasteiger partial charge in [0.05, 0.1) is 5.56 Å². The summed E-state index contributed by atoms with van der Waals surface area (Å²) in [7, 11) is 0. The highest BCUT2D eigenvalue weighted by Gasteiger charge is 2.11. The average Bonchev–Trinajstić information content (AvgIpc) is 2.38. The molecule has 0 aliphatic heterocycles. The Kier molecular flexibility index (Phi) is 6.30. The summed E-state index contributed by atoms with van der Waals surface area (Å²) < 4.78 is 0. The Labute approximate surface area is 104 Å². The van der Waals surface area contributed by atoms with Crippen LogP contribution in [0, 0.1) is 0 Å². The van der Waals surface area contributed by atoms with Crippen LogP contribution in [-0.2, 0) is 0 Å². The van der Waals surface area contributed by atoms with Gasteiger partial charge < -0.3 is 5.32 Å². The molecule has 0 saturated heterocycles. The van der Waals surface area contributed by atoms with Crippen LogP contribution in [0.2, 0.25) is 0 Å². The molecule has 0 radical (unpaired) electrons. The molecule has 17 heavy (non-hydrogen) atoms. The molecule has 94 valence electrons. The number of amides is 1. The molecule has 3 heteroatoms. The molecule has 1 rings (SSSR count). The van der Waals surface area contributed by atoms with Gasteiger partial charge in [-0.2, -0.15) is 0 Å². The normalized spacial score (nSPS) is 12.1. The van der Waals surface area contributed by atoms with E-state index in [0.29, 0.717) is 5.56 Å². The summed E-state index contributed by atoms with van der Waals surface area (Å²) in [5, 5.41) is 3.06. The van der Waals surface area contributed by atoms with Crippen molar-refractivity contribution in [2.75, 3.05) is 0 Å². The second-order valence-corrected chi connectivity index (χ2v) is 4.32. The van der Waals surface area contributed by atoms with E-state index >= 15 is 0 Å². The Morgan fingerprint density at radius 3 is 2.82 bits per heavy atom. The van der Waals surface area contributed by atoms with Gasteiger partial charge in [0.1, 0.15) is 0 Å². The van der Waals surface area contributed by atoms with Crippen LogP contribution >= 0.6 is 0 Å². The van der Waals surface area contributed by atoms with Crippen LogP contribution in [0.5, 0.6) is 0 Å². The third-order valence-electron chi connectivity index (χ3n) is 2.91. The third-order valence-corrected chi connectivity index (χ3v) is 2.91. The largest absolute Gasteiger partial charge is 0.349 e. The van der Waals surface area contributed by atoms with E-state index in [1.807, 2.05) is 0 Å². The molecule has 1 unspecified atom stereocenters. The fraction of sp³-hybridized carbons (Fsp3) is 0.571. The van der Waals surface area contributed by atoms with Gasteiger partial charge in [-0.15, -0.1) is 0 Å². The van der Waals surface area contributed by atoms with Crippen molar-refractivity contribution in [1.82, 2.24) is 10.3 Å². The van der Waals surface area contributed by atoms with E-state index in [-0.39, 0.29) is 11.9 Å². The van der Waals surface area contributed by atoms with Gasteiger partial charge in [0.25, 0.3) is 5.91 Å². The van der Waals surface area contributed by atoms with E-state index in [1.165, 1.54) is 19.3 Å². The molecular weight excluding hydrogens is 212 g/mol. The summed E-state index contributed by atoms with van der Waals surface area (Å²) in [6.07, 6.45) is 8.96.